The predicted molar refractivity (Wildman–Crippen MR) is 130 cm³/mol. The highest BCUT2D eigenvalue weighted by molar-refractivity contribution is 6.09. The van der Waals surface area contributed by atoms with Gasteiger partial charge < -0.3 is 14.8 Å². The number of ether oxygens (including phenoxy) is 2. The fraction of sp³-hybridized carbons (Fsp3) is 0.360. The standard InChI is InChI=1S/C25H31N3O5/c1-6-9-18(16(4)29)20-13-14-21(27-20)19-12-11-17(26-25(31)32-5)15-23(19)28-22(10-7-2)24(30)33-8-3/h6-7,11-12,14-15,18,22,28H,1-2,8-10,13H2,3-5H3,(H,26,31). The fourth-order valence-corrected chi connectivity index (χ4v) is 3.49. The molecule has 33 heavy (non-hydrogen) atoms. The number of aliphatic imine (C=N–C) groups is 1. The lowest BCUT2D eigenvalue weighted by molar-refractivity contribution is -0.144. The van der Waals surface area contributed by atoms with E-state index in [2.05, 4.69) is 28.5 Å². The molecule has 1 heterocycles. The molecule has 0 fully saturated rings. The van der Waals surface area contributed by atoms with Crippen molar-refractivity contribution in [1.82, 2.24) is 0 Å². The molecule has 0 saturated heterocycles. The van der Waals surface area contributed by atoms with E-state index in [1.165, 1.54) is 7.11 Å². The predicted octanol–water partition coefficient (Wildman–Crippen LogP) is 4.75. The summed E-state index contributed by atoms with van der Waals surface area (Å²) in [6, 6.07) is 4.52. The molecular weight excluding hydrogens is 422 g/mol. The van der Waals surface area contributed by atoms with Crippen molar-refractivity contribution in [3.8, 4) is 0 Å². The van der Waals surface area contributed by atoms with Crippen LogP contribution < -0.4 is 10.6 Å². The van der Waals surface area contributed by atoms with Gasteiger partial charge in [-0.3, -0.25) is 15.1 Å². The molecule has 2 unspecified atom stereocenters. The van der Waals surface area contributed by atoms with Crippen molar-refractivity contribution in [2.24, 2.45) is 10.9 Å². The van der Waals surface area contributed by atoms with Gasteiger partial charge in [-0.25, -0.2) is 9.59 Å². The summed E-state index contributed by atoms with van der Waals surface area (Å²) in [4.78, 5) is 40.9. The molecule has 1 aromatic rings. The van der Waals surface area contributed by atoms with Gasteiger partial charge in [0.2, 0.25) is 0 Å². The first-order chi connectivity index (χ1) is 15.8. The van der Waals surface area contributed by atoms with Crippen LogP contribution in [0.25, 0.3) is 5.70 Å². The lowest BCUT2D eigenvalue weighted by Crippen LogP contribution is -2.31. The number of hydrogen-bond acceptors (Lipinski definition) is 7. The van der Waals surface area contributed by atoms with Crippen molar-refractivity contribution in [3.05, 3.63) is 55.1 Å². The molecule has 0 bridgehead atoms. The van der Waals surface area contributed by atoms with Crippen molar-refractivity contribution in [3.63, 3.8) is 0 Å². The molecule has 2 rings (SSSR count). The molecule has 0 saturated carbocycles. The van der Waals surface area contributed by atoms with Crippen LogP contribution in [0.5, 0.6) is 0 Å². The SMILES string of the molecule is C=CCC(Nc1cc(NC(=O)OC)ccc1C1=CCC(C(CC=C)C(C)=O)=N1)C(=O)OCC. The van der Waals surface area contributed by atoms with E-state index in [1.54, 1.807) is 44.2 Å². The summed E-state index contributed by atoms with van der Waals surface area (Å²) >= 11 is 0. The summed E-state index contributed by atoms with van der Waals surface area (Å²) in [6.07, 6.45) is 6.07. The minimum atomic E-state index is -0.675. The average Bonchev–Trinajstić information content (AvgIpc) is 3.26. The van der Waals surface area contributed by atoms with E-state index in [9.17, 15) is 14.4 Å². The normalized spacial score (nSPS) is 14.3. The fourth-order valence-electron chi connectivity index (χ4n) is 3.49. The van der Waals surface area contributed by atoms with Crippen molar-refractivity contribution < 1.29 is 23.9 Å². The van der Waals surface area contributed by atoms with E-state index < -0.39 is 18.1 Å². The minimum Gasteiger partial charge on any atom is -0.464 e. The summed E-state index contributed by atoms with van der Waals surface area (Å²) in [6.45, 7) is 11.0. The van der Waals surface area contributed by atoms with Crippen molar-refractivity contribution in [2.45, 2.75) is 39.2 Å². The van der Waals surface area contributed by atoms with E-state index in [4.69, 9.17) is 9.73 Å². The largest absolute Gasteiger partial charge is 0.464 e. The third-order valence-corrected chi connectivity index (χ3v) is 5.09. The molecule has 1 aliphatic heterocycles. The Morgan fingerprint density at radius 2 is 1.94 bits per heavy atom. The molecule has 0 aliphatic carbocycles. The second-order valence-electron chi connectivity index (χ2n) is 7.43. The van der Waals surface area contributed by atoms with Crippen LogP contribution in [0.2, 0.25) is 0 Å². The first kappa shape index (κ1) is 25.6. The number of methoxy groups -OCH3 is 1. The second kappa shape index (κ2) is 12.4. The Balaban J connectivity index is 2.45. The highest BCUT2D eigenvalue weighted by Gasteiger charge is 2.25. The number of carbonyl (C=O) groups excluding carboxylic acids is 3. The Labute approximate surface area is 194 Å². The number of allylic oxidation sites excluding steroid dienone is 2. The summed E-state index contributed by atoms with van der Waals surface area (Å²) in [7, 11) is 1.28. The lowest BCUT2D eigenvalue weighted by atomic mass is 9.94. The summed E-state index contributed by atoms with van der Waals surface area (Å²) in [5.74, 6) is -0.699. The van der Waals surface area contributed by atoms with Crippen LogP contribution in [0.15, 0.2) is 54.6 Å². The van der Waals surface area contributed by atoms with Gasteiger partial charge in [0, 0.05) is 29.1 Å². The molecule has 2 N–H and O–H groups in total. The van der Waals surface area contributed by atoms with E-state index >= 15 is 0 Å². The molecule has 2 atom stereocenters. The Kier molecular flexibility index (Phi) is 9.60. The number of benzene rings is 1. The third-order valence-electron chi connectivity index (χ3n) is 5.09. The maximum atomic E-state index is 12.5. The van der Waals surface area contributed by atoms with Crippen LogP contribution in [0.1, 0.15) is 38.7 Å². The van der Waals surface area contributed by atoms with Gasteiger partial charge >= 0.3 is 12.1 Å². The Morgan fingerprint density at radius 3 is 2.55 bits per heavy atom. The van der Waals surface area contributed by atoms with Crippen LogP contribution in [0, 0.1) is 5.92 Å². The summed E-state index contributed by atoms with van der Waals surface area (Å²) in [5.41, 5.74) is 3.22. The molecule has 1 aromatic carbocycles. The zero-order valence-electron chi connectivity index (χ0n) is 19.3. The first-order valence-corrected chi connectivity index (χ1v) is 10.8. The minimum absolute atomic E-state index is 0.0348. The number of ketones is 1. The van der Waals surface area contributed by atoms with Crippen LogP contribution >= 0.6 is 0 Å². The van der Waals surface area contributed by atoms with E-state index in [0.29, 0.717) is 36.3 Å². The molecule has 1 amide bonds. The van der Waals surface area contributed by atoms with Crippen LogP contribution in [-0.4, -0.2) is 43.3 Å². The van der Waals surface area contributed by atoms with Crippen LogP contribution in [-0.2, 0) is 19.1 Å². The van der Waals surface area contributed by atoms with E-state index in [0.717, 1.165) is 11.3 Å². The molecule has 0 radical (unpaired) electrons. The van der Waals surface area contributed by atoms with Gasteiger partial charge in [0.15, 0.2) is 0 Å². The zero-order valence-corrected chi connectivity index (χ0v) is 19.3. The lowest BCUT2D eigenvalue weighted by Gasteiger charge is -2.20. The number of rotatable bonds is 12. The maximum Gasteiger partial charge on any atom is 0.411 e. The van der Waals surface area contributed by atoms with Crippen molar-refractivity contribution >= 4 is 40.6 Å². The van der Waals surface area contributed by atoms with Gasteiger partial charge in [-0.15, -0.1) is 13.2 Å². The highest BCUT2D eigenvalue weighted by atomic mass is 16.5. The number of nitrogens with zero attached hydrogens (tertiary/aromatic N) is 1. The summed E-state index contributed by atoms with van der Waals surface area (Å²) < 4.78 is 9.85. The maximum absolute atomic E-state index is 12.5. The summed E-state index contributed by atoms with van der Waals surface area (Å²) in [5, 5.41) is 5.82. The Bertz CT molecular complexity index is 980. The van der Waals surface area contributed by atoms with Gasteiger partial charge in [0.05, 0.1) is 25.3 Å². The zero-order chi connectivity index (χ0) is 24.4. The number of hydrogen-bond donors (Lipinski definition) is 2. The van der Waals surface area contributed by atoms with E-state index in [-0.39, 0.29) is 18.3 Å². The second-order valence-corrected chi connectivity index (χ2v) is 7.43. The molecule has 176 valence electrons. The molecular formula is C25H31N3O5. The topological polar surface area (TPSA) is 106 Å². The molecule has 1 aliphatic rings. The molecule has 0 aromatic heterocycles. The molecule has 8 nitrogen and oxygen atoms in total. The number of amides is 1. The average molecular weight is 454 g/mol. The Morgan fingerprint density at radius 1 is 1.21 bits per heavy atom. The molecule has 0 spiro atoms. The number of anilines is 2. The van der Waals surface area contributed by atoms with E-state index in [1.807, 2.05) is 6.08 Å². The van der Waals surface area contributed by atoms with Gasteiger partial charge in [-0.1, -0.05) is 18.2 Å². The smallest absolute Gasteiger partial charge is 0.411 e. The van der Waals surface area contributed by atoms with Gasteiger partial charge in [-0.05, 0) is 44.9 Å². The van der Waals surface area contributed by atoms with Gasteiger partial charge in [0.25, 0.3) is 0 Å². The number of esters is 1. The Hall–Kier alpha value is -3.68. The van der Waals surface area contributed by atoms with Gasteiger partial charge in [-0.2, -0.15) is 0 Å². The van der Waals surface area contributed by atoms with Crippen LogP contribution in [0.3, 0.4) is 0 Å². The van der Waals surface area contributed by atoms with Crippen molar-refractivity contribution in [1.29, 1.82) is 0 Å². The first-order valence-electron chi connectivity index (χ1n) is 10.8. The number of carbonyl (C=O) groups is 3. The molecule has 8 heteroatoms. The monoisotopic (exact) mass is 453 g/mol. The number of Topliss-reactive ketones (excluding diaryl/α,β-unsaturated/α-hetero) is 1. The van der Waals surface area contributed by atoms with Crippen molar-refractivity contribution in [2.75, 3.05) is 24.4 Å². The quantitative estimate of drug-likeness (QED) is 0.349. The number of nitrogens with one attached hydrogen (secondary N) is 2. The van der Waals surface area contributed by atoms with Crippen LogP contribution in [0.4, 0.5) is 16.2 Å². The third kappa shape index (κ3) is 6.90. The highest BCUT2D eigenvalue weighted by Crippen LogP contribution is 2.33. The van der Waals surface area contributed by atoms with Gasteiger partial charge in [0.1, 0.15) is 11.8 Å².